The summed E-state index contributed by atoms with van der Waals surface area (Å²) in [6.07, 6.45) is 2.65. The lowest BCUT2D eigenvalue weighted by Crippen LogP contribution is -1.91. The van der Waals surface area contributed by atoms with Crippen LogP contribution in [0.4, 0.5) is 0 Å². The molecule has 1 N–H and O–H groups in total. The van der Waals surface area contributed by atoms with Crippen LogP contribution in [0.1, 0.15) is 16.7 Å². The highest BCUT2D eigenvalue weighted by atomic mass is 79.9. The number of aryl methyl sites for hydroxylation is 2. The summed E-state index contributed by atoms with van der Waals surface area (Å²) in [7, 11) is 0. The molecule has 0 aliphatic carbocycles. The van der Waals surface area contributed by atoms with E-state index < -0.39 is 5.97 Å². The summed E-state index contributed by atoms with van der Waals surface area (Å²) in [5.41, 5.74) is 2.90. The van der Waals surface area contributed by atoms with Crippen LogP contribution >= 0.6 is 15.9 Å². The molecule has 108 valence electrons. The highest BCUT2D eigenvalue weighted by molar-refractivity contribution is 9.10. The molecule has 0 saturated carbocycles. The number of carboxylic acids is 1. The average Bonchev–Trinajstić information content (AvgIpc) is 2.42. The molecule has 0 spiro atoms. The maximum Gasteiger partial charge on any atom is 0.328 e. The summed E-state index contributed by atoms with van der Waals surface area (Å²) in [6, 6.07) is 11.4. The van der Waals surface area contributed by atoms with Crippen molar-refractivity contribution in [2.45, 2.75) is 13.8 Å². The fraction of sp³-hybridized carbons (Fsp3) is 0.118. The van der Waals surface area contributed by atoms with Crippen molar-refractivity contribution >= 4 is 28.0 Å². The molecule has 2 rings (SSSR count). The Kier molecular flexibility index (Phi) is 4.81. The summed E-state index contributed by atoms with van der Waals surface area (Å²) < 4.78 is 6.80. The summed E-state index contributed by atoms with van der Waals surface area (Å²) in [5, 5.41) is 8.67. The molecule has 0 aromatic heterocycles. The van der Waals surface area contributed by atoms with E-state index in [-0.39, 0.29) is 0 Å². The molecule has 0 unspecified atom stereocenters. The molecular weight excluding hydrogens is 332 g/mol. The fourth-order valence-corrected chi connectivity index (χ4v) is 2.38. The summed E-state index contributed by atoms with van der Waals surface area (Å²) >= 11 is 3.48. The van der Waals surface area contributed by atoms with Gasteiger partial charge in [0.05, 0.1) is 4.47 Å². The van der Waals surface area contributed by atoms with Gasteiger partial charge in [-0.05, 0) is 70.7 Å². The smallest absolute Gasteiger partial charge is 0.328 e. The normalized spacial score (nSPS) is 10.8. The molecule has 0 atom stereocenters. The summed E-state index contributed by atoms with van der Waals surface area (Å²) in [6.45, 7) is 3.96. The van der Waals surface area contributed by atoms with Crippen LogP contribution in [0.15, 0.2) is 46.9 Å². The van der Waals surface area contributed by atoms with Gasteiger partial charge in [0.25, 0.3) is 0 Å². The van der Waals surface area contributed by atoms with Gasteiger partial charge < -0.3 is 9.84 Å². The second kappa shape index (κ2) is 6.59. The maximum absolute atomic E-state index is 10.6. The number of carbonyl (C=O) groups is 1. The standard InChI is InChI=1S/C17H15BrO3/c1-11-3-7-15(14(18)9-11)21-16-10-13(5-4-12(16)2)6-8-17(19)20/h3-10H,1-2H3,(H,19,20)/b8-6+. The zero-order chi connectivity index (χ0) is 15.4. The number of rotatable bonds is 4. The van der Waals surface area contributed by atoms with E-state index in [0.717, 1.165) is 33.0 Å². The Balaban J connectivity index is 2.30. The van der Waals surface area contributed by atoms with Crippen LogP contribution in [0.3, 0.4) is 0 Å². The molecule has 0 bridgehead atoms. The molecule has 3 nitrogen and oxygen atoms in total. The van der Waals surface area contributed by atoms with Crippen LogP contribution in [0, 0.1) is 13.8 Å². The Labute approximate surface area is 132 Å². The van der Waals surface area contributed by atoms with Gasteiger partial charge in [-0.3, -0.25) is 0 Å². The predicted octanol–water partition coefficient (Wildman–Crippen LogP) is 4.96. The van der Waals surface area contributed by atoms with Crippen LogP contribution in [-0.4, -0.2) is 11.1 Å². The first-order valence-corrected chi connectivity index (χ1v) is 7.20. The summed E-state index contributed by atoms with van der Waals surface area (Å²) in [4.78, 5) is 10.6. The van der Waals surface area contributed by atoms with Crippen molar-refractivity contribution in [3.05, 3.63) is 63.6 Å². The number of hydrogen-bond acceptors (Lipinski definition) is 2. The topological polar surface area (TPSA) is 46.5 Å². The van der Waals surface area contributed by atoms with Crippen molar-refractivity contribution in [3.8, 4) is 11.5 Å². The van der Waals surface area contributed by atoms with Crippen LogP contribution < -0.4 is 4.74 Å². The Bertz CT molecular complexity index is 705. The minimum atomic E-state index is -0.973. The molecule has 0 saturated heterocycles. The van der Waals surface area contributed by atoms with Crippen LogP contribution in [0.5, 0.6) is 11.5 Å². The third-order valence-electron chi connectivity index (χ3n) is 2.94. The van der Waals surface area contributed by atoms with Crippen molar-refractivity contribution in [2.24, 2.45) is 0 Å². The van der Waals surface area contributed by atoms with Crippen LogP contribution in [0.2, 0.25) is 0 Å². The number of halogens is 1. The highest BCUT2D eigenvalue weighted by Gasteiger charge is 2.06. The third kappa shape index (κ3) is 4.20. The number of carboxylic acid groups (broad SMARTS) is 1. The van der Waals surface area contributed by atoms with E-state index in [9.17, 15) is 4.79 Å². The van der Waals surface area contributed by atoms with E-state index in [4.69, 9.17) is 9.84 Å². The van der Waals surface area contributed by atoms with E-state index >= 15 is 0 Å². The third-order valence-corrected chi connectivity index (χ3v) is 3.56. The Morgan fingerprint density at radius 2 is 1.90 bits per heavy atom. The van der Waals surface area contributed by atoms with Crippen molar-refractivity contribution in [2.75, 3.05) is 0 Å². The lowest BCUT2D eigenvalue weighted by Gasteiger charge is -2.11. The molecule has 21 heavy (non-hydrogen) atoms. The molecule has 0 amide bonds. The zero-order valence-corrected chi connectivity index (χ0v) is 13.3. The van der Waals surface area contributed by atoms with Crippen LogP contribution in [-0.2, 0) is 4.79 Å². The van der Waals surface area contributed by atoms with Gasteiger partial charge in [0.2, 0.25) is 0 Å². The van der Waals surface area contributed by atoms with Gasteiger partial charge in [0.1, 0.15) is 11.5 Å². The minimum absolute atomic E-state index is 0.701. The van der Waals surface area contributed by atoms with Gasteiger partial charge in [-0.2, -0.15) is 0 Å². The number of benzene rings is 2. The molecule has 2 aromatic rings. The first kappa shape index (κ1) is 15.3. The number of aliphatic carboxylic acids is 1. The Morgan fingerprint density at radius 1 is 1.14 bits per heavy atom. The zero-order valence-electron chi connectivity index (χ0n) is 11.8. The Hall–Kier alpha value is -2.07. The second-order valence-electron chi connectivity index (χ2n) is 4.73. The largest absolute Gasteiger partial charge is 0.478 e. The van der Waals surface area contributed by atoms with Gasteiger partial charge in [0, 0.05) is 6.08 Å². The van der Waals surface area contributed by atoms with Gasteiger partial charge in [-0.15, -0.1) is 0 Å². The molecule has 0 aliphatic rings. The molecule has 4 heteroatoms. The molecule has 0 radical (unpaired) electrons. The molecule has 0 fully saturated rings. The van der Waals surface area contributed by atoms with Crippen molar-refractivity contribution in [1.82, 2.24) is 0 Å². The lowest BCUT2D eigenvalue weighted by molar-refractivity contribution is -0.131. The van der Waals surface area contributed by atoms with Crippen molar-refractivity contribution < 1.29 is 14.6 Å². The second-order valence-corrected chi connectivity index (χ2v) is 5.59. The van der Waals surface area contributed by atoms with Gasteiger partial charge in [-0.25, -0.2) is 4.79 Å². The van der Waals surface area contributed by atoms with Gasteiger partial charge >= 0.3 is 5.97 Å². The fourth-order valence-electron chi connectivity index (χ4n) is 1.80. The molecule has 0 heterocycles. The number of ether oxygens (including phenoxy) is 1. The van der Waals surface area contributed by atoms with E-state index in [2.05, 4.69) is 15.9 Å². The van der Waals surface area contributed by atoms with E-state index in [1.807, 2.05) is 50.2 Å². The van der Waals surface area contributed by atoms with Crippen LogP contribution in [0.25, 0.3) is 6.08 Å². The monoisotopic (exact) mass is 346 g/mol. The van der Waals surface area contributed by atoms with Gasteiger partial charge in [0.15, 0.2) is 0 Å². The predicted molar refractivity (Wildman–Crippen MR) is 86.8 cm³/mol. The van der Waals surface area contributed by atoms with Gasteiger partial charge in [-0.1, -0.05) is 18.2 Å². The van der Waals surface area contributed by atoms with Crippen molar-refractivity contribution in [1.29, 1.82) is 0 Å². The van der Waals surface area contributed by atoms with E-state index in [1.165, 1.54) is 0 Å². The maximum atomic E-state index is 10.6. The Morgan fingerprint density at radius 3 is 2.57 bits per heavy atom. The van der Waals surface area contributed by atoms with E-state index in [1.54, 1.807) is 6.08 Å². The highest BCUT2D eigenvalue weighted by Crippen LogP contribution is 2.32. The van der Waals surface area contributed by atoms with E-state index in [0.29, 0.717) is 5.75 Å². The first-order chi connectivity index (χ1) is 9.95. The SMILES string of the molecule is Cc1ccc(Oc2cc(/C=C/C(=O)O)ccc2C)c(Br)c1. The minimum Gasteiger partial charge on any atom is -0.478 e. The molecular formula is C17H15BrO3. The molecule has 2 aromatic carbocycles. The quantitative estimate of drug-likeness (QED) is 0.796. The average molecular weight is 347 g/mol. The molecule has 0 aliphatic heterocycles. The lowest BCUT2D eigenvalue weighted by atomic mass is 10.1. The summed E-state index contributed by atoms with van der Waals surface area (Å²) in [5.74, 6) is 0.453. The first-order valence-electron chi connectivity index (χ1n) is 6.41. The number of hydrogen-bond donors (Lipinski definition) is 1. The van der Waals surface area contributed by atoms with Crippen molar-refractivity contribution in [3.63, 3.8) is 0 Å².